The Morgan fingerprint density at radius 1 is 1.60 bits per heavy atom. The summed E-state index contributed by atoms with van der Waals surface area (Å²) in [6, 6.07) is 0. The van der Waals surface area contributed by atoms with Gasteiger partial charge in [0, 0.05) is 17.1 Å². The molecule has 0 amide bonds. The van der Waals surface area contributed by atoms with Crippen LogP contribution in [0.5, 0.6) is 0 Å². The second kappa shape index (κ2) is 20.0. The topological polar surface area (TPSA) is 23.8 Å². The normalized spacial score (nSPS) is 3.60. The van der Waals surface area contributed by atoms with Gasteiger partial charge in [-0.25, -0.2) is 0 Å². The van der Waals surface area contributed by atoms with Crippen LogP contribution in [0.4, 0.5) is 0 Å². The van der Waals surface area contributed by atoms with Crippen LogP contribution in [0.25, 0.3) is 5.73 Å². The molecule has 0 aliphatic heterocycles. The van der Waals surface area contributed by atoms with Crippen molar-refractivity contribution in [3.05, 3.63) is 5.73 Å². The number of rotatable bonds is 0. The van der Waals surface area contributed by atoms with E-state index in [0.29, 0.717) is 6.54 Å². The molecule has 41 valence electrons. The quantitative estimate of drug-likeness (QED) is 0.486. The summed E-state index contributed by atoms with van der Waals surface area (Å²) in [5, 5.41) is 0. The van der Waals surface area contributed by atoms with E-state index in [1.54, 1.807) is 6.92 Å². The Morgan fingerprint density at radius 2 is 1.60 bits per heavy atom. The molecule has 0 aromatic heterocycles. The first kappa shape index (κ1) is 16.7. The van der Waals surface area contributed by atoms with E-state index in [2.05, 4.69) is 0 Å². The van der Waals surface area contributed by atoms with E-state index in [1.165, 1.54) is 0 Å². The number of hydrogen-bond acceptors (Lipinski definition) is 0. The number of hydrogen-bond donors (Lipinski definition) is 0. The second-order valence-corrected chi connectivity index (χ2v) is 0.354. The van der Waals surface area contributed by atoms with Crippen molar-refractivity contribution in [2.24, 2.45) is 0 Å². The van der Waals surface area contributed by atoms with E-state index in [0.717, 1.165) is 0 Å². The molecule has 0 atom stereocenters. The molecule has 0 heterocycles. The van der Waals surface area contributed by atoms with E-state index >= 15 is 0 Å². The maximum absolute atomic E-state index is 6.21. The van der Waals surface area contributed by atoms with Crippen LogP contribution in [0, 0.1) is 0 Å². The van der Waals surface area contributed by atoms with Crippen molar-refractivity contribution in [2.45, 2.75) is 6.92 Å². The summed E-state index contributed by atoms with van der Waals surface area (Å²) in [7, 11) is 0. The second-order valence-electron chi connectivity index (χ2n) is 0.354. The van der Waals surface area contributed by atoms with Gasteiger partial charge in [0.2, 0.25) is 0 Å². The van der Waals surface area contributed by atoms with Gasteiger partial charge in [-0.15, -0.1) is 0 Å². The zero-order chi connectivity index (χ0) is 2.71. The molecule has 0 aromatic rings. The Bertz CT molecular complexity index is 7.61. The number of nitrogens with one attached hydrogen (secondary N) is 1. The van der Waals surface area contributed by atoms with E-state index in [9.17, 15) is 0 Å². The first-order chi connectivity index (χ1) is 1.41. The maximum Gasteiger partial charge on any atom is 1.00 e. The van der Waals surface area contributed by atoms with Gasteiger partial charge in [0.25, 0.3) is 0 Å². The maximum atomic E-state index is 6.21. The fraction of sp³-hybridized carbons (Fsp3) is 1.00. The Hall–Kier alpha value is 0.999. The van der Waals surface area contributed by atoms with Crippen molar-refractivity contribution in [2.75, 3.05) is 6.54 Å². The first-order valence-corrected chi connectivity index (χ1v) is 1.06. The summed E-state index contributed by atoms with van der Waals surface area (Å²) in [6.45, 7) is 2.29. The zero-order valence-electron chi connectivity index (χ0n) is 2.81. The minimum Gasteiger partial charge on any atom is -0.678 e. The monoisotopic (exact) mass is 170 g/mol. The predicted octanol–water partition coefficient (Wildman–Crippen LogP) is 1.05. The zero-order valence-corrected chi connectivity index (χ0v) is 4.69. The van der Waals surface area contributed by atoms with E-state index in [4.69, 9.17) is 5.73 Å². The van der Waals surface area contributed by atoms with E-state index < -0.39 is 0 Å². The van der Waals surface area contributed by atoms with Crippen LogP contribution in [-0.4, -0.2) is 6.54 Å². The summed E-state index contributed by atoms with van der Waals surface area (Å²) < 4.78 is 0. The Labute approximate surface area is 53.6 Å². The van der Waals surface area contributed by atoms with Crippen molar-refractivity contribution in [3.63, 3.8) is 0 Å². The van der Waals surface area contributed by atoms with Crippen molar-refractivity contribution < 1.29 is 34.1 Å². The molecule has 1 nitrogen and oxygen atoms in total. The molecule has 1 radical (unpaired) electrons. The van der Waals surface area contributed by atoms with Crippen molar-refractivity contribution >= 4 is 0 Å². The predicted molar refractivity (Wildman–Crippen MR) is 14.9 cm³/mol. The minimum absolute atomic E-state index is 0. The summed E-state index contributed by atoms with van der Waals surface area (Å²) in [6.07, 6.45) is 0. The first-order valence-electron chi connectivity index (χ1n) is 1.06. The standard InChI is InChI=1S/C2H6N.2Cu/c1-2-3;;/h3H,2H2,1H3;;/q-1;;+1. The average molecular weight is 171 g/mol. The van der Waals surface area contributed by atoms with Crippen molar-refractivity contribution in [1.82, 2.24) is 0 Å². The summed E-state index contributed by atoms with van der Waals surface area (Å²) >= 11 is 0. The molecular weight excluding hydrogens is 165 g/mol. The molecule has 0 spiro atoms. The van der Waals surface area contributed by atoms with Crippen molar-refractivity contribution in [1.29, 1.82) is 0 Å². The summed E-state index contributed by atoms with van der Waals surface area (Å²) in [5.74, 6) is 0. The molecule has 0 aromatic carbocycles. The molecule has 0 saturated carbocycles. The van der Waals surface area contributed by atoms with Crippen LogP contribution in [-0.2, 0) is 34.1 Å². The van der Waals surface area contributed by atoms with Gasteiger partial charge >= 0.3 is 17.1 Å². The Balaban J connectivity index is -0.0000000200. The molecule has 0 bridgehead atoms. The van der Waals surface area contributed by atoms with Gasteiger partial charge in [-0.2, -0.15) is 6.54 Å². The summed E-state index contributed by atoms with van der Waals surface area (Å²) in [4.78, 5) is 0. The van der Waals surface area contributed by atoms with Crippen LogP contribution >= 0.6 is 0 Å². The van der Waals surface area contributed by atoms with Gasteiger partial charge in [0.05, 0.1) is 0 Å². The third kappa shape index (κ3) is 45.1. The molecule has 0 saturated heterocycles. The fourth-order valence-electron chi connectivity index (χ4n) is 0. The van der Waals surface area contributed by atoms with Crippen LogP contribution < -0.4 is 0 Å². The van der Waals surface area contributed by atoms with Crippen LogP contribution in [0.3, 0.4) is 0 Å². The molecular formula is C2H6Cu2N. The molecule has 3 heteroatoms. The smallest absolute Gasteiger partial charge is 0.678 e. The third-order valence-electron chi connectivity index (χ3n) is 0. The van der Waals surface area contributed by atoms with Gasteiger partial charge in [-0.1, -0.05) is 6.92 Å². The SMILES string of the molecule is CC[NH-].[Cu+].[Cu]. The molecule has 0 rings (SSSR count). The largest absolute Gasteiger partial charge is 1.00 e. The van der Waals surface area contributed by atoms with Gasteiger partial charge in [-0.05, 0) is 0 Å². The fourth-order valence-corrected chi connectivity index (χ4v) is 0. The van der Waals surface area contributed by atoms with E-state index in [-0.39, 0.29) is 34.1 Å². The van der Waals surface area contributed by atoms with Crippen LogP contribution in [0.15, 0.2) is 0 Å². The molecule has 0 fully saturated rings. The average Bonchev–Trinajstić information content (AvgIpc) is 0.918. The Kier molecular flexibility index (Phi) is 66.7. The van der Waals surface area contributed by atoms with Gasteiger partial charge in [-0.3, -0.25) is 0 Å². The van der Waals surface area contributed by atoms with E-state index in [1.807, 2.05) is 0 Å². The summed E-state index contributed by atoms with van der Waals surface area (Å²) in [5.41, 5.74) is 6.21. The van der Waals surface area contributed by atoms with Gasteiger partial charge < -0.3 is 5.73 Å². The Morgan fingerprint density at radius 3 is 1.60 bits per heavy atom. The minimum atomic E-state index is 0. The van der Waals surface area contributed by atoms with Gasteiger partial charge in [0.1, 0.15) is 0 Å². The molecule has 0 unspecified atom stereocenters. The molecule has 0 aliphatic carbocycles. The van der Waals surface area contributed by atoms with Gasteiger partial charge in [0.15, 0.2) is 0 Å². The molecule has 5 heavy (non-hydrogen) atoms. The third-order valence-corrected chi connectivity index (χ3v) is 0. The van der Waals surface area contributed by atoms with Crippen LogP contribution in [0.1, 0.15) is 6.92 Å². The van der Waals surface area contributed by atoms with Crippen molar-refractivity contribution in [3.8, 4) is 0 Å². The van der Waals surface area contributed by atoms with Crippen LogP contribution in [0.2, 0.25) is 0 Å². The molecule has 0 aliphatic rings. The molecule has 1 N–H and O–H groups in total.